The molecule has 2 aromatic rings. The molecule has 0 atom stereocenters. The van der Waals surface area contributed by atoms with Gasteiger partial charge < -0.3 is 14.6 Å². The highest BCUT2D eigenvalue weighted by Crippen LogP contribution is 2.13. The van der Waals surface area contributed by atoms with Crippen molar-refractivity contribution in [1.82, 2.24) is 24.6 Å². The predicted molar refractivity (Wildman–Crippen MR) is 91.4 cm³/mol. The van der Waals surface area contributed by atoms with E-state index in [-0.39, 0.29) is 5.91 Å². The monoisotopic (exact) mass is 331 g/mol. The van der Waals surface area contributed by atoms with Gasteiger partial charge in [-0.15, -0.1) is 0 Å². The molecule has 1 amide bonds. The van der Waals surface area contributed by atoms with Crippen molar-refractivity contribution >= 4 is 5.91 Å². The Morgan fingerprint density at radius 1 is 1.25 bits per heavy atom. The zero-order chi connectivity index (χ0) is 16.8. The molecule has 0 bridgehead atoms. The zero-order valence-corrected chi connectivity index (χ0v) is 14.1. The number of ether oxygens (including phenoxy) is 1. The van der Waals surface area contributed by atoms with Crippen LogP contribution in [0.25, 0.3) is 5.82 Å². The molecule has 7 heteroatoms. The SMILES string of the molecule is Cn1ncc(C(=O)NCCCCN2CCOCC2)c1-n1cccc1. The van der Waals surface area contributed by atoms with E-state index in [1.807, 2.05) is 36.1 Å². The molecule has 0 radical (unpaired) electrons. The molecule has 3 rings (SSSR count). The topological polar surface area (TPSA) is 64.3 Å². The number of morpholine rings is 1. The van der Waals surface area contributed by atoms with Crippen molar-refractivity contribution in [2.75, 3.05) is 39.4 Å². The summed E-state index contributed by atoms with van der Waals surface area (Å²) in [6.07, 6.45) is 7.50. The van der Waals surface area contributed by atoms with E-state index in [0.717, 1.165) is 51.5 Å². The zero-order valence-electron chi connectivity index (χ0n) is 14.1. The number of carbonyl (C=O) groups excluding carboxylic acids is 1. The third-order valence-corrected chi connectivity index (χ3v) is 4.29. The molecule has 0 spiro atoms. The Balaban J connectivity index is 1.46. The second-order valence-electron chi connectivity index (χ2n) is 6.01. The number of hydrogen-bond donors (Lipinski definition) is 1. The van der Waals surface area contributed by atoms with E-state index in [4.69, 9.17) is 4.74 Å². The first kappa shape index (κ1) is 16.7. The molecule has 24 heavy (non-hydrogen) atoms. The van der Waals surface area contributed by atoms with Gasteiger partial charge in [-0.3, -0.25) is 14.4 Å². The van der Waals surface area contributed by atoms with Crippen LogP contribution in [0.5, 0.6) is 0 Å². The third-order valence-electron chi connectivity index (χ3n) is 4.29. The summed E-state index contributed by atoms with van der Waals surface area (Å²) in [5.74, 6) is 0.712. The van der Waals surface area contributed by atoms with Gasteiger partial charge in [0, 0.05) is 39.1 Å². The first-order valence-electron chi connectivity index (χ1n) is 8.49. The fourth-order valence-corrected chi connectivity index (χ4v) is 2.96. The van der Waals surface area contributed by atoms with Crippen molar-refractivity contribution in [2.24, 2.45) is 7.05 Å². The number of nitrogens with zero attached hydrogens (tertiary/aromatic N) is 4. The number of aryl methyl sites for hydroxylation is 1. The number of unbranched alkanes of at least 4 members (excludes halogenated alkanes) is 1. The largest absolute Gasteiger partial charge is 0.379 e. The second kappa shape index (κ2) is 8.12. The summed E-state index contributed by atoms with van der Waals surface area (Å²) in [5, 5.41) is 7.22. The van der Waals surface area contributed by atoms with Crippen LogP contribution < -0.4 is 5.32 Å². The summed E-state index contributed by atoms with van der Waals surface area (Å²) in [6, 6.07) is 3.86. The summed E-state index contributed by atoms with van der Waals surface area (Å²) in [5.41, 5.74) is 0.599. The van der Waals surface area contributed by atoms with Crippen LogP contribution in [0.2, 0.25) is 0 Å². The van der Waals surface area contributed by atoms with E-state index in [2.05, 4.69) is 15.3 Å². The van der Waals surface area contributed by atoms with Gasteiger partial charge in [-0.1, -0.05) is 0 Å². The average molecular weight is 331 g/mol. The number of hydrogen-bond acceptors (Lipinski definition) is 4. The molecule has 0 aliphatic carbocycles. The van der Waals surface area contributed by atoms with Crippen LogP contribution in [0.15, 0.2) is 30.7 Å². The number of rotatable bonds is 7. The van der Waals surface area contributed by atoms with Crippen LogP contribution >= 0.6 is 0 Å². The third kappa shape index (κ3) is 4.04. The Bertz CT molecular complexity index is 644. The van der Waals surface area contributed by atoms with Crippen molar-refractivity contribution in [1.29, 1.82) is 0 Å². The maximum Gasteiger partial charge on any atom is 0.256 e. The summed E-state index contributed by atoms with van der Waals surface area (Å²) >= 11 is 0. The highest BCUT2D eigenvalue weighted by molar-refractivity contribution is 5.97. The summed E-state index contributed by atoms with van der Waals surface area (Å²) in [7, 11) is 1.84. The van der Waals surface area contributed by atoms with E-state index in [9.17, 15) is 4.79 Å². The number of amides is 1. The minimum atomic E-state index is -0.0711. The summed E-state index contributed by atoms with van der Waals surface area (Å²) in [6.45, 7) is 5.45. The number of carbonyl (C=O) groups is 1. The van der Waals surface area contributed by atoms with Crippen LogP contribution in [-0.4, -0.2) is 64.5 Å². The molecular weight excluding hydrogens is 306 g/mol. The first-order chi connectivity index (χ1) is 11.8. The lowest BCUT2D eigenvalue weighted by molar-refractivity contribution is 0.0372. The molecule has 1 aliphatic rings. The van der Waals surface area contributed by atoms with Crippen molar-refractivity contribution in [3.63, 3.8) is 0 Å². The van der Waals surface area contributed by atoms with Gasteiger partial charge in [0.05, 0.1) is 19.4 Å². The second-order valence-corrected chi connectivity index (χ2v) is 6.01. The van der Waals surface area contributed by atoms with Gasteiger partial charge in [-0.05, 0) is 31.5 Å². The molecule has 2 aromatic heterocycles. The molecule has 1 N–H and O–H groups in total. The standard InChI is InChI=1S/C17H25N5O2/c1-20-17(22-8-4-5-9-22)15(14-19-20)16(23)18-6-2-3-7-21-10-12-24-13-11-21/h4-5,8-9,14H,2-3,6-7,10-13H2,1H3,(H,18,23). The maximum atomic E-state index is 12.4. The number of aromatic nitrogens is 3. The Hall–Kier alpha value is -2.12. The Morgan fingerprint density at radius 3 is 2.75 bits per heavy atom. The smallest absolute Gasteiger partial charge is 0.256 e. The van der Waals surface area contributed by atoms with Gasteiger partial charge in [0.15, 0.2) is 0 Å². The van der Waals surface area contributed by atoms with E-state index >= 15 is 0 Å². The first-order valence-corrected chi connectivity index (χ1v) is 8.49. The minimum absolute atomic E-state index is 0.0711. The maximum absolute atomic E-state index is 12.4. The van der Waals surface area contributed by atoms with Crippen LogP contribution in [0.4, 0.5) is 0 Å². The highest BCUT2D eigenvalue weighted by atomic mass is 16.5. The molecule has 1 fully saturated rings. The van der Waals surface area contributed by atoms with E-state index < -0.39 is 0 Å². The highest BCUT2D eigenvalue weighted by Gasteiger charge is 2.17. The van der Waals surface area contributed by atoms with Gasteiger partial charge in [0.2, 0.25) is 0 Å². The van der Waals surface area contributed by atoms with Gasteiger partial charge in [0.1, 0.15) is 11.4 Å². The van der Waals surface area contributed by atoms with Gasteiger partial charge in [0.25, 0.3) is 5.91 Å². The van der Waals surface area contributed by atoms with Crippen molar-refractivity contribution in [3.05, 3.63) is 36.3 Å². The molecule has 1 saturated heterocycles. The predicted octanol–water partition coefficient (Wildman–Crippen LogP) is 1.05. The van der Waals surface area contributed by atoms with Crippen LogP contribution in [-0.2, 0) is 11.8 Å². The fraction of sp³-hybridized carbons (Fsp3) is 0.529. The van der Waals surface area contributed by atoms with Crippen LogP contribution in [0.3, 0.4) is 0 Å². The lowest BCUT2D eigenvalue weighted by Crippen LogP contribution is -2.37. The molecule has 0 aromatic carbocycles. The van der Waals surface area contributed by atoms with Gasteiger partial charge in [-0.25, -0.2) is 0 Å². The quantitative estimate of drug-likeness (QED) is 0.771. The van der Waals surface area contributed by atoms with E-state index in [1.165, 1.54) is 0 Å². The fourth-order valence-electron chi connectivity index (χ4n) is 2.96. The molecule has 7 nitrogen and oxygen atoms in total. The van der Waals surface area contributed by atoms with Gasteiger partial charge in [-0.2, -0.15) is 5.10 Å². The van der Waals surface area contributed by atoms with E-state index in [0.29, 0.717) is 12.1 Å². The normalized spacial score (nSPS) is 15.5. The van der Waals surface area contributed by atoms with Crippen molar-refractivity contribution < 1.29 is 9.53 Å². The minimum Gasteiger partial charge on any atom is -0.379 e. The van der Waals surface area contributed by atoms with Crippen LogP contribution in [0.1, 0.15) is 23.2 Å². The van der Waals surface area contributed by atoms with Crippen molar-refractivity contribution in [3.8, 4) is 5.82 Å². The van der Waals surface area contributed by atoms with Gasteiger partial charge >= 0.3 is 0 Å². The van der Waals surface area contributed by atoms with Crippen molar-refractivity contribution in [2.45, 2.75) is 12.8 Å². The molecule has 0 saturated carbocycles. The molecular formula is C17H25N5O2. The van der Waals surface area contributed by atoms with E-state index in [1.54, 1.807) is 10.9 Å². The lowest BCUT2D eigenvalue weighted by Gasteiger charge is -2.26. The molecule has 1 aliphatic heterocycles. The molecule has 130 valence electrons. The molecule has 0 unspecified atom stereocenters. The lowest BCUT2D eigenvalue weighted by atomic mass is 10.2. The Morgan fingerprint density at radius 2 is 2.00 bits per heavy atom. The summed E-state index contributed by atoms with van der Waals surface area (Å²) < 4.78 is 8.96. The number of nitrogens with one attached hydrogen (secondary N) is 1. The molecule has 3 heterocycles. The Labute approximate surface area is 142 Å². The Kier molecular flexibility index (Phi) is 5.66. The average Bonchev–Trinajstić information content (AvgIpc) is 3.24. The van der Waals surface area contributed by atoms with Crippen LogP contribution in [0, 0.1) is 0 Å². The summed E-state index contributed by atoms with van der Waals surface area (Å²) in [4.78, 5) is 14.8.